The van der Waals surface area contributed by atoms with Crippen molar-refractivity contribution >= 4 is 18.5 Å². The maximum atomic E-state index is 4.53. The Morgan fingerprint density at radius 2 is 2.25 bits per heavy atom. The lowest BCUT2D eigenvalue weighted by Crippen LogP contribution is -1.95. The van der Waals surface area contributed by atoms with E-state index in [1.165, 1.54) is 5.69 Å². The number of pyridine rings is 1. The number of aryl methyl sites for hydroxylation is 1. The smallest absolute Gasteiger partial charge is 0.0472 e. The maximum Gasteiger partial charge on any atom is 0.0472 e. The monoisotopic (exact) mass is 199 g/mol. The van der Waals surface area contributed by atoms with Crippen LogP contribution in [0.4, 0.5) is 0 Å². The SMILES string of the molecule is CC(P)c1cccc(CCP)n1. The molecule has 0 bridgehead atoms. The predicted octanol–water partition coefficient (Wildman–Crippen LogP) is 2.44. The highest BCUT2D eigenvalue weighted by Gasteiger charge is 2.00. The van der Waals surface area contributed by atoms with E-state index in [1.807, 2.05) is 0 Å². The van der Waals surface area contributed by atoms with Gasteiger partial charge in [-0.2, -0.15) is 0 Å². The molecule has 66 valence electrons. The average molecular weight is 199 g/mol. The Balaban J connectivity index is 2.81. The minimum atomic E-state index is 0.453. The van der Waals surface area contributed by atoms with Gasteiger partial charge in [-0.25, -0.2) is 0 Å². The molecule has 0 amide bonds. The van der Waals surface area contributed by atoms with E-state index < -0.39 is 0 Å². The number of aromatic nitrogens is 1. The van der Waals surface area contributed by atoms with E-state index >= 15 is 0 Å². The van der Waals surface area contributed by atoms with Crippen LogP contribution in [0.25, 0.3) is 0 Å². The van der Waals surface area contributed by atoms with E-state index in [0.29, 0.717) is 5.66 Å². The van der Waals surface area contributed by atoms with Crippen LogP contribution in [0.5, 0.6) is 0 Å². The fraction of sp³-hybridized carbons (Fsp3) is 0.444. The van der Waals surface area contributed by atoms with Crippen LogP contribution in [0.1, 0.15) is 24.0 Å². The van der Waals surface area contributed by atoms with E-state index in [-0.39, 0.29) is 0 Å². The first-order chi connectivity index (χ1) is 5.74. The second kappa shape index (κ2) is 4.90. The number of hydrogen-bond acceptors (Lipinski definition) is 1. The summed E-state index contributed by atoms with van der Waals surface area (Å²) in [5.74, 6) is 0. The van der Waals surface area contributed by atoms with E-state index in [9.17, 15) is 0 Å². The summed E-state index contributed by atoms with van der Waals surface area (Å²) in [7, 11) is 5.49. The Kier molecular flexibility index (Phi) is 4.12. The predicted molar refractivity (Wildman–Crippen MR) is 60.6 cm³/mol. The molecular formula is C9H15NP2. The molecule has 0 fully saturated rings. The fourth-order valence-electron chi connectivity index (χ4n) is 1.04. The first-order valence-corrected chi connectivity index (χ1v) is 5.64. The van der Waals surface area contributed by atoms with Crippen LogP contribution >= 0.6 is 18.5 Å². The minimum absolute atomic E-state index is 0.453. The van der Waals surface area contributed by atoms with Crippen LogP contribution in [-0.4, -0.2) is 11.1 Å². The minimum Gasteiger partial charge on any atom is -0.257 e. The van der Waals surface area contributed by atoms with Crippen LogP contribution in [0, 0.1) is 0 Å². The van der Waals surface area contributed by atoms with E-state index in [0.717, 1.165) is 18.3 Å². The Morgan fingerprint density at radius 1 is 1.50 bits per heavy atom. The molecule has 3 heteroatoms. The van der Waals surface area contributed by atoms with Gasteiger partial charge in [0.1, 0.15) is 0 Å². The number of hydrogen-bond donors (Lipinski definition) is 0. The molecule has 0 spiro atoms. The van der Waals surface area contributed by atoms with Crippen LogP contribution in [0.3, 0.4) is 0 Å². The second-order valence-corrected chi connectivity index (χ2v) is 4.46. The molecule has 1 rings (SSSR count). The highest BCUT2D eigenvalue weighted by molar-refractivity contribution is 7.17. The second-order valence-electron chi connectivity index (χ2n) is 2.88. The molecule has 12 heavy (non-hydrogen) atoms. The first kappa shape index (κ1) is 10.1. The van der Waals surface area contributed by atoms with E-state index in [2.05, 4.69) is 48.6 Å². The Labute approximate surface area is 78.8 Å². The summed E-state index contributed by atoms with van der Waals surface area (Å²) in [5, 5.41) is 0. The van der Waals surface area contributed by atoms with Gasteiger partial charge < -0.3 is 0 Å². The summed E-state index contributed by atoms with van der Waals surface area (Å²) in [5.41, 5.74) is 2.81. The van der Waals surface area contributed by atoms with Crippen LogP contribution in [0.2, 0.25) is 0 Å². The number of nitrogens with zero attached hydrogens (tertiary/aromatic N) is 1. The lowest BCUT2D eigenvalue weighted by Gasteiger charge is -2.05. The van der Waals surface area contributed by atoms with Gasteiger partial charge >= 0.3 is 0 Å². The molecule has 3 atom stereocenters. The Morgan fingerprint density at radius 3 is 2.83 bits per heavy atom. The van der Waals surface area contributed by atoms with Crippen LogP contribution in [0.15, 0.2) is 18.2 Å². The first-order valence-electron chi connectivity index (χ1n) is 4.15. The third kappa shape index (κ3) is 2.81. The molecule has 1 heterocycles. The van der Waals surface area contributed by atoms with Crippen molar-refractivity contribution in [2.24, 2.45) is 0 Å². The van der Waals surface area contributed by atoms with Gasteiger partial charge in [0.05, 0.1) is 0 Å². The van der Waals surface area contributed by atoms with Gasteiger partial charge in [0, 0.05) is 17.0 Å². The van der Waals surface area contributed by atoms with Crippen molar-refractivity contribution in [3.63, 3.8) is 0 Å². The molecule has 3 unspecified atom stereocenters. The molecule has 0 aliphatic heterocycles. The van der Waals surface area contributed by atoms with Crippen molar-refractivity contribution in [2.45, 2.75) is 19.0 Å². The lowest BCUT2D eigenvalue weighted by molar-refractivity contribution is 0.946. The summed E-state index contributed by atoms with van der Waals surface area (Å²) >= 11 is 0. The van der Waals surface area contributed by atoms with Crippen molar-refractivity contribution in [2.75, 3.05) is 6.16 Å². The summed E-state index contributed by atoms with van der Waals surface area (Å²) in [6, 6.07) is 6.24. The molecular weight excluding hydrogens is 184 g/mol. The zero-order valence-corrected chi connectivity index (χ0v) is 9.63. The van der Waals surface area contributed by atoms with Gasteiger partial charge in [-0.3, -0.25) is 4.98 Å². The summed E-state index contributed by atoms with van der Waals surface area (Å²) in [6.07, 6.45) is 2.14. The average Bonchev–Trinajstić information content (AvgIpc) is 2.05. The van der Waals surface area contributed by atoms with Crippen LogP contribution in [-0.2, 0) is 6.42 Å². The van der Waals surface area contributed by atoms with E-state index in [4.69, 9.17) is 0 Å². The van der Waals surface area contributed by atoms with Crippen molar-refractivity contribution in [3.8, 4) is 0 Å². The van der Waals surface area contributed by atoms with Crippen molar-refractivity contribution < 1.29 is 0 Å². The lowest BCUT2D eigenvalue weighted by atomic mass is 10.2. The molecule has 0 N–H and O–H groups in total. The molecule has 0 aromatic carbocycles. The van der Waals surface area contributed by atoms with Gasteiger partial charge in [0.2, 0.25) is 0 Å². The highest BCUT2D eigenvalue weighted by atomic mass is 31.0. The van der Waals surface area contributed by atoms with Gasteiger partial charge in [-0.15, -0.1) is 18.5 Å². The fourth-order valence-corrected chi connectivity index (χ4v) is 1.52. The molecule has 0 saturated carbocycles. The van der Waals surface area contributed by atoms with Crippen molar-refractivity contribution in [3.05, 3.63) is 29.6 Å². The maximum absolute atomic E-state index is 4.53. The largest absolute Gasteiger partial charge is 0.257 e. The molecule has 0 saturated heterocycles. The molecule has 1 aromatic heterocycles. The topological polar surface area (TPSA) is 12.9 Å². The summed E-state index contributed by atoms with van der Waals surface area (Å²) in [4.78, 5) is 4.53. The quantitative estimate of drug-likeness (QED) is 0.681. The Hall–Kier alpha value is 0.01000. The molecule has 1 nitrogen and oxygen atoms in total. The van der Waals surface area contributed by atoms with Gasteiger partial charge in [-0.1, -0.05) is 13.0 Å². The van der Waals surface area contributed by atoms with Crippen LogP contribution < -0.4 is 0 Å². The van der Waals surface area contributed by atoms with E-state index in [1.54, 1.807) is 0 Å². The van der Waals surface area contributed by atoms with Crippen molar-refractivity contribution in [1.82, 2.24) is 4.98 Å². The molecule has 0 aliphatic rings. The molecule has 0 aliphatic carbocycles. The zero-order chi connectivity index (χ0) is 8.97. The standard InChI is InChI=1S/C9H15NP2/c1-7(12)9-4-2-3-8(10-9)5-6-11/h2-4,7H,5-6,11-12H2,1H3. The summed E-state index contributed by atoms with van der Waals surface area (Å²) < 4.78 is 0. The van der Waals surface area contributed by atoms with Gasteiger partial charge in [-0.05, 0) is 24.7 Å². The Bertz CT molecular complexity index is 248. The van der Waals surface area contributed by atoms with Gasteiger partial charge in [0.25, 0.3) is 0 Å². The summed E-state index contributed by atoms with van der Waals surface area (Å²) in [6.45, 7) is 2.14. The zero-order valence-electron chi connectivity index (χ0n) is 7.33. The third-order valence-electron chi connectivity index (χ3n) is 1.70. The number of rotatable bonds is 3. The normalized spacial score (nSPS) is 12.9. The van der Waals surface area contributed by atoms with Gasteiger partial charge in [0.15, 0.2) is 0 Å². The highest BCUT2D eigenvalue weighted by Crippen LogP contribution is 2.19. The third-order valence-corrected chi connectivity index (χ3v) is 2.33. The molecule has 1 aromatic rings. The van der Waals surface area contributed by atoms with Crippen molar-refractivity contribution in [1.29, 1.82) is 0 Å². The molecule has 0 radical (unpaired) electrons.